The molecule has 2 heterocycles. The van der Waals surface area contributed by atoms with Crippen molar-refractivity contribution in [3.63, 3.8) is 0 Å². The molecule has 0 amide bonds. The molecule has 0 atom stereocenters. The van der Waals surface area contributed by atoms with Gasteiger partial charge in [-0.2, -0.15) is 0 Å². The topological polar surface area (TPSA) is 98.0 Å². The van der Waals surface area contributed by atoms with Gasteiger partial charge in [-0.25, -0.2) is 9.97 Å². The molecule has 0 saturated heterocycles. The van der Waals surface area contributed by atoms with Crippen LogP contribution in [0.3, 0.4) is 0 Å². The van der Waals surface area contributed by atoms with E-state index in [0.29, 0.717) is 37.4 Å². The Morgan fingerprint density at radius 3 is 1.59 bits per heavy atom. The van der Waals surface area contributed by atoms with Gasteiger partial charge >= 0.3 is 0 Å². The van der Waals surface area contributed by atoms with Crippen molar-refractivity contribution in [2.75, 3.05) is 11.1 Å². The van der Waals surface area contributed by atoms with Crippen molar-refractivity contribution >= 4 is 97.6 Å². The van der Waals surface area contributed by atoms with Crippen molar-refractivity contribution in [3.8, 4) is 0 Å². The zero-order valence-corrected chi connectivity index (χ0v) is 24.8. The Bertz CT molecular complexity index is 1330. The van der Waals surface area contributed by atoms with Crippen LogP contribution in [0.5, 0.6) is 0 Å². The van der Waals surface area contributed by atoms with Gasteiger partial charge in [0.25, 0.3) is 0 Å². The van der Waals surface area contributed by atoms with Crippen LogP contribution in [0.15, 0.2) is 72.8 Å². The fourth-order valence-electron chi connectivity index (χ4n) is 2.71. The molecule has 11 heteroatoms. The number of hydrogen-bond acceptors (Lipinski definition) is 6. The fourth-order valence-corrected chi connectivity index (χ4v) is 4.59. The first-order valence-electron chi connectivity index (χ1n) is 10.5. The molecule has 0 radical (unpaired) electrons. The second-order valence-electron chi connectivity index (χ2n) is 7.38. The first-order valence-corrected chi connectivity index (χ1v) is 13.1. The Morgan fingerprint density at radius 1 is 0.703 bits per heavy atom. The smallest absolute Gasteiger partial charge is 0.159 e. The SMILES string of the molecule is CC(=O)c1cccc(N)c1.CC(=O)c1cccc(Nc2cc(Cl)nc(Cl)c2)c1.Clc1cc(I)cc(Cl)n1. The highest BCUT2D eigenvalue weighted by Gasteiger charge is 2.03. The minimum atomic E-state index is 0.0180. The van der Waals surface area contributed by atoms with Gasteiger partial charge in [-0.05, 0) is 85.0 Å². The monoisotopic (exact) mass is 688 g/mol. The average Bonchev–Trinajstić information content (AvgIpc) is 2.78. The lowest BCUT2D eigenvalue weighted by molar-refractivity contribution is 0.100. The van der Waals surface area contributed by atoms with Crippen LogP contribution in [0.4, 0.5) is 17.1 Å². The molecule has 0 aliphatic carbocycles. The summed E-state index contributed by atoms with van der Waals surface area (Å²) in [6.45, 7) is 3.05. The van der Waals surface area contributed by atoms with Crippen LogP contribution in [-0.2, 0) is 0 Å². The molecule has 4 rings (SSSR count). The zero-order chi connectivity index (χ0) is 27.5. The fraction of sp³-hybridized carbons (Fsp3) is 0.0769. The number of aromatic nitrogens is 2. The molecular formula is C26H21Cl4IN4O2. The zero-order valence-electron chi connectivity index (χ0n) is 19.6. The number of nitrogens with one attached hydrogen (secondary N) is 1. The molecule has 0 bridgehead atoms. The molecule has 0 saturated carbocycles. The summed E-state index contributed by atoms with van der Waals surface area (Å²) in [6, 6.07) is 21.0. The Labute approximate surface area is 248 Å². The van der Waals surface area contributed by atoms with Crippen LogP contribution < -0.4 is 11.1 Å². The summed E-state index contributed by atoms with van der Waals surface area (Å²) < 4.78 is 0.998. The minimum Gasteiger partial charge on any atom is -0.399 e. The molecule has 4 aromatic rings. The molecule has 3 N–H and O–H groups in total. The van der Waals surface area contributed by atoms with E-state index in [9.17, 15) is 9.59 Å². The number of ketones is 2. The normalized spacial score (nSPS) is 9.81. The van der Waals surface area contributed by atoms with Crippen LogP contribution in [0, 0.1) is 3.57 Å². The van der Waals surface area contributed by atoms with Gasteiger partial charge in [-0.3, -0.25) is 9.59 Å². The van der Waals surface area contributed by atoms with Crippen LogP contribution in [0.2, 0.25) is 20.6 Å². The number of carbonyl (C=O) groups excluding carboxylic acids is 2. The van der Waals surface area contributed by atoms with Crippen molar-refractivity contribution in [2.24, 2.45) is 0 Å². The number of halogens is 5. The number of nitrogens with zero attached hydrogens (tertiary/aromatic N) is 2. The maximum Gasteiger partial charge on any atom is 0.159 e. The summed E-state index contributed by atoms with van der Waals surface area (Å²) in [5, 5.41) is 4.62. The van der Waals surface area contributed by atoms with Gasteiger partial charge < -0.3 is 11.1 Å². The van der Waals surface area contributed by atoms with Gasteiger partial charge in [0, 0.05) is 31.8 Å². The summed E-state index contributed by atoms with van der Waals surface area (Å²) in [5.41, 5.74) is 8.90. The van der Waals surface area contributed by atoms with Gasteiger partial charge in [0.1, 0.15) is 20.6 Å². The average molecular weight is 690 g/mol. The Hall–Kier alpha value is -2.43. The Kier molecular flexibility index (Phi) is 12.6. The van der Waals surface area contributed by atoms with E-state index in [1.807, 2.05) is 12.1 Å². The number of benzene rings is 2. The highest BCUT2D eigenvalue weighted by Crippen LogP contribution is 2.23. The Morgan fingerprint density at radius 2 is 1.16 bits per heavy atom. The summed E-state index contributed by atoms with van der Waals surface area (Å²) in [7, 11) is 0. The molecule has 37 heavy (non-hydrogen) atoms. The number of anilines is 3. The predicted molar refractivity (Wildman–Crippen MR) is 162 cm³/mol. The molecule has 6 nitrogen and oxygen atoms in total. The van der Waals surface area contributed by atoms with Crippen LogP contribution in [0.1, 0.15) is 34.6 Å². The van der Waals surface area contributed by atoms with E-state index in [1.54, 1.807) is 60.7 Å². The molecule has 192 valence electrons. The van der Waals surface area contributed by atoms with Crippen LogP contribution >= 0.6 is 69.0 Å². The van der Waals surface area contributed by atoms with Crippen molar-refractivity contribution in [1.82, 2.24) is 9.97 Å². The number of carbonyl (C=O) groups is 2. The highest BCUT2D eigenvalue weighted by molar-refractivity contribution is 14.1. The van der Waals surface area contributed by atoms with Gasteiger partial charge in [-0.15, -0.1) is 0 Å². The van der Waals surface area contributed by atoms with Crippen molar-refractivity contribution < 1.29 is 9.59 Å². The van der Waals surface area contributed by atoms with E-state index >= 15 is 0 Å². The first-order chi connectivity index (χ1) is 17.4. The summed E-state index contributed by atoms with van der Waals surface area (Å²) >= 11 is 24.8. The molecule has 0 aliphatic heterocycles. The standard InChI is InChI=1S/C13H10Cl2N2O.C8H9NO.C5H2Cl2IN/c1-8(18)9-3-2-4-10(5-9)16-11-6-12(14)17-13(15)7-11;1-6(10)7-3-2-4-8(9)5-7;6-4-1-3(8)2-5(7)9-4/h2-7H,1H3,(H,16,17);2-5H,9H2,1H3;1-2H. The molecule has 0 spiro atoms. The van der Waals surface area contributed by atoms with E-state index < -0.39 is 0 Å². The molecule has 2 aromatic carbocycles. The van der Waals surface area contributed by atoms with E-state index in [2.05, 4.69) is 37.9 Å². The first kappa shape index (κ1) is 30.8. The quantitative estimate of drug-likeness (QED) is 0.0962. The lowest BCUT2D eigenvalue weighted by Crippen LogP contribution is -1.95. The maximum absolute atomic E-state index is 11.3. The van der Waals surface area contributed by atoms with Crippen LogP contribution in [-0.4, -0.2) is 21.5 Å². The minimum absolute atomic E-state index is 0.0180. The van der Waals surface area contributed by atoms with Gasteiger partial charge in [0.15, 0.2) is 11.6 Å². The number of nitrogen functional groups attached to an aromatic ring is 1. The van der Waals surface area contributed by atoms with E-state index in [0.717, 1.165) is 14.9 Å². The molecule has 0 unspecified atom stereocenters. The molecular weight excluding hydrogens is 669 g/mol. The second-order valence-corrected chi connectivity index (χ2v) is 10.2. The lowest BCUT2D eigenvalue weighted by Gasteiger charge is -2.08. The maximum atomic E-state index is 11.3. The van der Waals surface area contributed by atoms with Gasteiger partial charge in [-0.1, -0.05) is 70.7 Å². The lowest BCUT2D eigenvalue weighted by atomic mass is 10.1. The molecule has 2 aromatic heterocycles. The van der Waals surface area contributed by atoms with Crippen molar-refractivity contribution in [1.29, 1.82) is 0 Å². The third-order valence-electron chi connectivity index (χ3n) is 4.34. The molecule has 0 aliphatic rings. The van der Waals surface area contributed by atoms with E-state index in [1.165, 1.54) is 13.8 Å². The summed E-state index contributed by atoms with van der Waals surface area (Å²) in [4.78, 5) is 29.6. The number of Topliss-reactive ketones (excluding diaryl/α,β-unsaturated/α-hetero) is 2. The third kappa shape index (κ3) is 11.7. The largest absolute Gasteiger partial charge is 0.399 e. The van der Waals surface area contributed by atoms with Gasteiger partial charge in [0.2, 0.25) is 0 Å². The van der Waals surface area contributed by atoms with Crippen molar-refractivity contribution in [3.05, 3.63) is 108 Å². The predicted octanol–water partition coefficient (Wildman–Crippen LogP) is 8.80. The number of hydrogen-bond donors (Lipinski definition) is 2. The Balaban J connectivity index is 0.000000214. The summed E-state index contributed by atoms with van der Waals surface area (Å²) in [5.74, 6) is 0.0664. The van der Waals surface area contributed by atoms with Crippen molar-refractivity contribution in [2.45, 2.75) is 13.8 Å². The van der Waals surface area contributed by atoms with Crippen LogP contribution in [0.25, 0.3) is 0 Å². The number of nitrogens with two attached hydrogens (primary N) is 1. The highest BCUT2D eigenvalue weighted by atomic mass is 127. The summed E-state index contributed by atoms with van der Waals surface area (Å²) in [6.07, 6.45) is 0. The molecule has 0 fully saturated rings. The van der Waals surface area contributed by atoms with E-state index in [-0.39, 0.29) is 11.6 Å². The van der Waals surface area contributed by atoms with Gasteiger partial charge in [0.05, 0.1) is 0 Å². The third-order valence-corrected chi connectivity index (χ3v) is 5.74. The van der Waals surface area contributed by atoms with E-state index in [4.69, 9.17) is 52.1 Å². The number of pyridine rings is 2. The number of rotatable bonds is 4. The second kappa shape index (κ2) is 15.1.